The molecule has 0 atom stereocenters. The van der Waals surface area contributed by atoms with E-state index in [-0.39, 0.29) is 19.1 Å². The van der Waals surface area contributed by atoms with Crippen LogP contribution in [0.1, 0.15) is 53.9 Å². The number of benzene rings is 1. The average molecular weight is 329 g/mol. The largest absolute Gasteiger partial charge is 0.411 e. The van der Waals surface area contributed by atoms with E-state index >= 15 is 0 Å². The predicted octanol–water partition coefficient (Wildman–Crippen LogP) is 4.04. The maximum Gasteiger partial charge on any atom is 0.411 e. The molecule has 2 rings (SSSR count). The lowest BCUT2D eigenvalue weighted by Crippen LogP contribution is -2.28. The Morgan fingerprint density at radius 2 is 1.78 bits per heavy atom. The molecule has 0 bridgehead atoms. The first kappa shape index (κ1) is 17.8. The lowest BCUT2D eigenvalue weighted by molar-refractivity contribution is -0.173. The van der Waals surface area contributed by atoms with Crippen molar-refractivity contribution >= 4 is 5.91 Å². The van der Waals surface area contributed by atoms with Crippen LogP contribution >= 0.6 is 0 Å². The number of hydrogen-bond acceptors (Lipinski definition) is 2. The highest BCUT2D eigenvalue weighted by molar-refractivity contribution is 5.94. The van der Waals surface area contributed by atoms with Gasteiger partial charge in [0.05, 0.1) is 6.61 Å². The monoisotopic (exact) mass is 329 g/mol. The Morgan fingerprint density at radius 3 is 2.39 bits per heavy atom. The molecule has 0 radical (unpaired) electrons. The summed E-state index contributed by atoms with van der Waals surface area (Å²) in [4.78, 5) is 11.9. The Kier molecular flexibility index (Phi) is 6.45. The smallest absolute Gasteiger partial charge is 0.370 e. The molecule has 1 aliphatic rings. The minimum Gasteiger partial charge on any atom is -0.370 e. The summed E-state index contributed by atoms with van der Waals surface area (Å²) in [5.41, 5.74) is 1.77. The van der Waals surface area contributed by atoms with Crippen LogP contribution in [0.4, 0.5) is 13.2 Å². The summed E-state index contributed by atoms with van der Waals surface area (Å²) >= 11 is 0. The Morgan fingerprint density at radius 1 is 1.13 bits per heavy atom. The maximum atomic E-state index is 11.9. The van der Waals surface area contributed by atoms with Gasteiger partial charge >= 0.3 is 6.18 Å². The van der Waals surface area contributed by atoms with Crippen molar-refractivity contribution in [3.8, 4) is 0 Å². The Bertz CT molecular complexity index is 494. The maximum absolute atomic E-state index is 11.9. The van der Waals surface area contributed by atoms with Gasteiger partial charge in [-0.3, -0.25) is 4.79 Å². The van der Waals surface area contributed by atoms with Crippen LogP contribution in [0.3, 0.4) is 0 Å². The molecular weight excluding hydrogens is 307 g/mol. The van der Waals surface area contributed by atoms with E-state index in [9.17, 15) is 18.0 Å². The van der Waals surface area contributed by atoms with Gasteiger partial charge in [0.1, 0.15) is 6.61 Å². The topological polar surface area (TPSA) is 38.3 Å². The van der Waals surface area contributed by atoms with Crippen molar-refractivity contribution in [1.82, 2.24) is 5.32 Å². The molecule has 0 aromatic heterocycles. The summed E-state index contributed by atoms with van der Waals surface area (Å²) in [6.45, 7) is -1.40. The summed E-state index contributed by atoms with van der Waals surface area (Å²) in [6.07, 6.45) is 1.87. The number of carbonyl (C=O) groups is 1. The van der Waals surface area contributed by atoms with E-state index < -0.39 is 12.8 Å². The van der Waals surface area contributed by atoms with Crippen molar-refractivity contribution in [1.29, 1.82) is 0 Å². The molecule has 1 N–H and O–H groups in total. The zero-order valence-electron chi connectivity index (χ0n) is 13.0. The minimum absolute atomic E-state index is 0.0549. The number of nitrogens with one attached hydrogen (secondary N) is 1. The molecule has 0 unspecified atom stereocenters. The van der Waals surface area contributed by atoms with Crippen LogP contribution in [0.25, 0.3) is 0 Å². The molecule has 1 amide bonds. The van der Waals surface area contributed by atoms with Crippen molar-refractivity contribution < 1.29 is 22.7 Å². The number of amides is 1. The zero-order valence-corrected chi connectivity index (χ0v) is 13.0. The minimum atomic E-state index is -4.33. The first-order valence-corrected chi connectivity index (χ1v) is 7.98. The van der Waals surface area contributed by atoms with Crippen molar-refractivity contribution in [2.45, 2.75) is 44.2 Å². The van der Waals surface area contributed by atoms with Crippen LogP contribution < -0.4 is 5.32 Å². The summed E-state index contributed by atoms with van der Waals surface area (Å²) in [7, 11) is 0. The number of hydrogen-bond donors (Lipinski definition) is 1. The zero-order chi connectivity index (χ0) is 16.7. The Hall–Kier alpha value is -1.56. The average Bonchev–Trinajstić information content (AvgIpc) is 2.54. The second kappa shape index (κ2) is 8.34. The van der Waals surface area contributed by atoms with Crippen molar-refractivity contribution in [2.75, 3.05) is 19.8 Å². The third-order valence-electron chi connectivity index (χ3n) is 4.05. The fourth-order valence-electron chi connectivity index (χ4n) is 2.87. The summed E-state index contributed by atoms with van der Waals surface area (Å²) < 4.78 is 40.1. The first-order chi connectivity index (χ1) is 11.0. The van der Waals surface area contributed by atoms with Gasteiger partial charge < -0.3 is 10.1 Å². The van der Waals surface area contributed by atoms with Crippen molar-refractivity contribution in [2.24, 2.45) is 0 Å². The quantitative estimate of drug-likeness (QED) is 0.800. The van der Waals surface area contributed by atoms with Gasteiger partial charge in [-0.15, -0.1) is 0 Å². The molecule has 0 saturated heterocycles. The molecule has 0 spiro atoms. The van der Waals surface area contributed by atoms with E-state index in [1.54, 1.807) is 12.1 Å². The normalized spacial score (nSPS) is 16.3. The van der Waals surface area contributed by atoms with E-state index in [0.29, 0.717) is 11.5 Å². The second-order valence-corrected chi connectivity index (χ2v) is 5.88. The van der Waals surface area contributed by atoms with Crippen LogP contribution in [0, 0.1) is 0 Å². The standard InChI is InChI=1S/C17H22F3NO2/c18-17(19,20)12-23-11-10-21-16(22)15-8-6-14(7-9-15)13-4-2-1-3-5-13/h6-9,13H,1-5,10-12H2,(H,21,22). The van der Waals surface area contributed by atoms with Gasteiger partial charge in [0.15, 0.2) is 0 Å². The molecule has 0 heterocycles. The summed E-state index contributed by atoms with van der Waals surface area (Å²) in [6, 6.07) is 7.50. The van der Waals surface area contributed by atoms with Crippen LogP contribution in [0.5, 0.6) is 0 Å². The highest BCUT2D eigenvalue weighted by atomic mass is 19.4. The lowest BCUT2D eigenvalue weighted by atomic mass is 9.84. The van der Waals surface area contributed by atoms with E-state index in [1.165, 1.54) is 37.7 Å². The molecule has 1 aromatic rings. The molecular formula is C17H22F3NO2. The van der Waals surface area contributed by atoms with Gasteiger partial charge in [-0.05, 0) is 36.5 Å². The fourth-order valence-corrected chi connectivity index (χ4v) is 2.87. The van der Waals surface area contributed by atoms with E-state index in [1.807, 2.05) is 12.1 Å². The first-order valence-electron chi connectivity index (χ1n) is 7.98. The molecule has 1 fully saturated rings. The van der Waals surface area contributed by atoms with Gasteiger partial charge in [-0.25, -0.2) is 0 Å². The van der Waals surface area contributed by atoms with Crippen LogP contribution in [0.2, 0.25) is 0 Å². The summed E-state index contributed by atoms with van der Waals surface area (Å²) in [5, 5.41) is 2.55. The van der Waals surface area contributed by atoms with Crippen molar-refractivity contribution in [3.63, 3.8) is 0 Å². The highest BCUT2D eigenvalue weighted by Gasteiger charge is 2.27. The SMILES string of the molecule is O=C(NCCOCC(F)(F)F)c1ccc(C2CCCCC2)cc1. The van der Waals surface area contributed by atoms with E-state index in [2.05, 4.69) is 10.1 Å². The molecule has 1 aromatic carbocycles. The highest BCUT2D eigenvalue weighted by Crippen LogP contribution is 2.32. The molecule has 1 aliphatic carbocycles. The molecule has 3 nitrogen and oxygen atoms in total. The Balaban J connectivity index is 1.74. The molecule has 1 saturated carbocycles. The van der Waals surface area contributed by atoms with Crippen LogP contribution in [0.15, 0.2) is 24.3 Å². The third-order valence-corrected chi connectivity index (χ3v) is 4.05. The lowest BCUT2D eigenvalue weighted by Gasteiger charge is -2.22. The van der Waals surface area contributed by atoms with Gasteiger partial charge in [-0.2, -0.15) is 13.2 Å². The summed E-state index contributed by atoms with van der Waals surface area (Å²) in [5.74, 6) is 0.285. The molecule has 0 aliphatic heterocycles. The molecule has 6 heteroatoms. The van der Waals surface area contributed by atoms with Gasteiger partial charge in [0.2, 0.25) is 0 Å². The van der Waals surface area contributed by atoms with Crippen molar-refractivity contribution in [3.05, 3.63) is 35.4 Å². The number of ether oxygens (including phenoxy) is 1. The number of rotatable bonds is 6. The van der Waals surface area contributed by atoms with Crippen LogP contribution in [-0.2, 0) is 4.74 Å². The second-order valence-electron chi connectivity index (χ2n) is 5.88. The van der Waals surface area contributed by atoms with Gasteiger partial charge in [0, 0.05) is 12.1 Å². The Labute approximate surface area is 134 Å². The van der Waals surface area contributed by atoms with Crippen LogP contribution in [-0.4, -0.2) is 31.8 Å². The number of carbonyl (C=O) groups excluding carboxylic acids is 1. The number of halogens is 3. The predicted molar refractivity (Wildman–Crippen MR) is 81.5 cm³/mol. The fraction of sp³-hybridized carbons (Fsp3) is 0.588. The molecule has 23 heavy (non-hydrogen) atoms. The van der Waals surface area contributed by atoms with Gasteiger partial charge in [-0.1, -0.05) is 31.4 Å². The molecule has 128 valence electrons. The number of alkyl halides is 3. The van der Waals surface area contributed by atoms with E-state index in [0.717, 1.165) is 0 Å². The van der Waals surface area contributed by atoms with E-state index in [4.69, 9.17) is 0 Å². The third kappa shape index (κ3) is 6.22. The van der Waals surface area contributed by atoms with Gasteiger partial charge in [0.25, 0.3) is 5.91 Å².